The number of ether oxygens (including phenoxy) is 1. The summed E-state index contributed by atoms with van der Waals surface area (Å²) in [6.07, 6.45) is -0.205. The monoisotopic (exact) mass is 511 g/mol. The molecule has 192 valence electrons. The highest BCUT2D eigenvalue weighted by Gasteiger charge is 2.66. The van der Waals surface area contributed by atoms with Gasteiger partial charge in [0.25, 0.3) is 5.91 Å². The third-order valence-corrected chi connectivity index (χ3v) is 10.4. The highest BCUT2D eigenvalue weighted by atomic mass is 28.4. The lowest BCUT2D eigenvalue weighted by atomic mass is 9.82. The van der Waals surface area contributed by atoms with Gasteiger partial charge >= 0.3 is 0 Å². The Morgan fingerprint density at radius 2 is 1.89 bits per heavy atom. The molecule has 2 fully saturated rings. The summed E-state index contributed by atoms with van der Waals surface area (Å²) in [6.45, 7) is 7.18. The first-order valence-corrected chi connectivity index (χ1v) is 15.6. The number of carbonyl (C=O) groups is 2. The molecule has 2 aromatic rings. The van der Waals surface area contributed by atoms with E-state index in [9.17, 15) is 14.7 Å². The molecule has 4 atom stereocenters. The number of hydrogen-bond acceptors (Lipinski definition) is 5. The number of para-hydroxylation sites is 1. The Hall–Kier alpha value is -2.59. The molecule has 0 aromatic heterocycles. The number of carbonyl (C=O) groups excluding carboxylic acids is 2. The van der Waals surface area contributed by atoms with Crippen LogP contribution < -0.4 is 15.1 Å². The Balaban J connectivity index is 1.46. The Labute approximate surface area is 212 Å². The van der Waals surface area contributed by atoms with Gasteiger partial charge in [-0.25, -0.2) is 0 Å². The molecule has 3 aliphatic rings. The number of aliphatic hydroxyl groups is 1. The standard InChI is InChI=1S/C27H34FN3O4Si/c1-18-25(36(2,3)28)23(12-15-32)35-27(18)21-6-4-5-7-22(21)31(26(27)34)17-19-8-10-20(11-9-19)30-14-13-29-16-24(30)33/h4-11,18,23,25,29,32H,12-17H2,1-3H3/t18-,23+,25-,27+/m0/s1. The lowest BCUT2D eigenvalue weighted by Gasteiger charge is -2.31. The average Bonchev–Trinajstić information content (AvgIpc) is 3.27. The number of rotatable bonds is 6. The quantitative estimate of drug-likeness (QED) is 0.459. The molecule has 0 aliphatic carbocycles. The van der Waals surface area contributed by atoms with Crippen molar-refractivity contribution in [2.24, 2.45) is 5.92 Å². The molecule has 9 heteroatoms. The van der Waals surface area contributed by atoms with Crippen LogP contribution in [0.1, 0.15) is 24.5 Å². The topological polar surface area (TPSA) is 82.1 Å². The first-order chi connectivity index (χ1) is 17.2. The van der Waals surface area contributed by atoms with Crippen molar-refractivity contribution >= 4 is 31.6 Å². The van der Waals surface area contributed by atoms with Crippen molar-refractivity contribution < 1.29 is 23.5 Å². The van der Waals surface area contributed by atoms with Crippen molar-refractivity contribution in [2.75, 3.05) is 36.0 Å². The summed E-state index contributed by atoms with van der Waals surface area (Å²) in [4.78, 5) is 29.9. The third-order valence-electron chi connectivity index (χ3n) is 7.96. The Morgan fingerprint density at radius 3 is 2.56 bits per heavy atom. The summed E-state index contributed by atoms with van der Waals surface area (Å²) in [7, 11) is -3.20. The highest BCUT2D eigenvalue weighted by Crippen LogP contribution is 2.60. The minimum Gasteiger partial charge on any atom is -0.396 e. The van der Waals surface area contributed by atoms with Crippen molar-refractivity contribution in [3.8, 4) is 0 Å². The van der Waals surface area contributed by atoms with Crippen LogP contribution in [0.4, 0.5) is 15.5 Å². The van der Waals surface area contributed by atoms with E-state index in [0.29, 0.717) is 26.1 Å². The number of aliphatic hydroxyl groups excluding tert-OH is 1. The maximum absolute atomic E-state index is 15.5. The molecule has 2 amide bonds. The molecule has 0 radical (unpaired) electrons. The zero-order chi connectivity index (χ0) is 25.7. The molecule has 0 bridgehead atoms. The Kier molecular flexibility index (Phi) is 6.53. The van der Waals surface area contributed by atoms with Crippen LogP contribution in [-0.2, 0) is 26.5 Å². The predicted molar refractivity (Wildman–Crippen MR) is 139 cm³/mol. The van der Waals surface area contributed by atoms with Crippen molar-refractivity contribution in [2.45, 2.75) is 50.2 Å². The zero-order valence-electron chi connectivity index (χ0n) is 21.0. The second-order valence-electron chi connectivity index (χ2n) is 10.6. The van der Waals surface area contributed by atoms with E-state index in [1.807, 2.05) is 55.5 Å². The summed E-state index contributed by atoms with van der Waals surface area (Å²) < 4.78 is 22.1. The van der Waals surface area contributed by atoms with Crippen molar-refractivity contribution in [3.05, 3.63) is 59.7 Å². The number of hydrogen-bond donors (Lipinski definition) is 2. The normalized spacial score (nSPS) is 28.3. The van der Waals surface area contributed by atoms with Crippen LogP contribution in [-0.4, -0.2) is 57.7 Å². The van der Waals surface area contributed by atoms with Gasteiger partial charge in [0, 0.05) is 42.4 Å². The van der Waals surface area contributed by atoms with Gasteiger partial charge in [0.1, 0.15) is 0 Å². The van der Waals surface area contributed by atoms with Crippen LogP contribution in [0.25, 0.3) is 0 Å². The SMILES string of the molecule is C[C@H]1[C@H]([Si](C)(C)F)[C@@H](CCO)O[C@]12C(=O)N(Cc1ccc(N3CCNCC3=O)cc1)c1ccccc12. The molecule has 0 unspecified atom stereocenters. The fraction of sp³-hybridized carbons (Fsp3) is 0.481. The van der Waals surface area contributed by atoms with Gasteiger partial charge in [-0.15, -0.1) is 0 Å². The van der Waals surface area contributed by atoms with E-state index in [0.717, 1.165) is 29.0 Å². The van der Waals surface area contributed by atoms with Crippen molar-refractivity contribution in [1.29, 1.82) is 0 Å². The number of amides is 2. The minimum atomic E-state index is -3.20. The minimum absolute atomic E-state index is 0.0401. The number of fused-ring (bicyclic) bond motifs is 2. The molecule has 36 heavy (non-hydrogen) atoms. The summed E-state index contributed by atoms with van der Waals surface area (Å²) in [5, 5.41) is 12.7. The molecule has 2 N–H and O–H groups in total. The third kappa shape index (κ3) is 3.98. The van der Waals surface area contributed by atoms with E-state index in [1.54, 1.807) is 22.9 Å². The largest absolute Gasteiger partial charge is 0.396 e. The van der Waals surface area contributed by atoms with E-state index < -0.39 is 25.7 Å². The second-order valence-corrected chi connectivity index (χ2v) is 14.4. The number of anilines is 2. The molecule has 5 rings (SSSR count). The molecule has 0 saturated carbocycles. The number of benzene rings is 2. The lowest BCUT2D eigenvalue weighted by molar-refractivity contribution is -0.146. The Morgan fingerprint density at radius 1 is 1.17 bits per heavy atom. The van der Waals surface area contributed by atoms with Crippen LogP contribution in [0.2, 0.25) is 18.6 Å². The second kappa shape index (κ2) is 9.37. The summed E-state index contributed by atoms with van der Waals surface area (Å²) in [6, 6.07) is 15.3. The van der Waals surface area contributed by atoms with Gasteiger partial charge in [-0.3, -0.25) is 9.59 Å². The fourth-order valence-corrected chi connectivity index (χ4v) is 8.94. The fourth-order valence-electron chi connectivity index (χ4n) is 6.40. The molecular formula is C27H34FN3O4Si. The Bertz CT molecular complexity index is 1150. The molecule has 7 nitrogen and oxygen atoms in total. The number of piperazine rings is 1. The van der Waals surface area contributed by atoms with Gasteiger partial charge in [-0.2, -0.15) is 0 Å². The maximum atomic E-state index is 15.5. The molecule has 2 saturated heterocycles. The van der Waals surface area contributed by atoms with E-state index in [2.05, 4.69) is 5.32 Å². The van der Waals surface area contributed by atoms with Gasteiger partial charge in [0.2, 0.25) is 14.3 Å². The van der Waals surface area contributed by atoms with Gasteiger partial charge in [-0.05, 0) is 43.3 Å². The van der Waals surface area contributed by atoms with Gasteiger partial charge in [0.05, 0.1) is 24.9 Å². The summed E-state index contributed by atoms with van der Waals surface area (Å²) in [5.41, 5.74) is 1.65. The lowest BCUT2D eigenvalue weighted by Crippen LogP contribution is -2.48. The van der Waals surface area contributed by atoms with Crippen molar-refractivity contribution in [3.63, 3.8) is 0 Å². The van der Waals surface area contributed by atoms with Crippen LogP contribution in [0.3, 0.4) is 0 Å². The smallest absolute Gasteiger partial charge is 0.264 e. The summed E-state index contributed by atoms with van der Waals surface area (Å²) in [5.74, 6) is -0.500. The van der Waals surface area contributed by atoms with E-state index in [4.69, 9.17) is 4.74 Å². The van der Waals surface area contributed by atoms with Crippen molar-refractivity contribution in [1.82, 2.24) is 5.32 Å². The van der Waals surface area contributed by atoms with Gasteiger partial charge < -0.3 is 29.1 Å². The first-order valence-electron chi connectivity index (χ1n) is 12.7. The predicted octanol–water partition coefficient (Wildman–Crippen LogP) is 3.33. The molecule has 3 aliphatic heterocycles. The number of nitrogens with zero attached hydrogens (tertiary/aromatic N) is 2. The van der Waals surface area contributed by atoms with E-state index in [-0.39, 0.29) is 24.3 Å². The molecule has 2 aromatic carbocycles. The van der Waals surface area contributed by atoms with Crippen LogP contribution in [0.5, 0.6) is 0 Å². The highest BCUT2D eigenvalue weighted by molar-refractivity contribution is 6.72. The molecule has 1 spiro atoms. The van der Waals surface area contributed by atoms with Crippen LogP contribution >= 0.6 is 0 Å². The van der Waals surface area contributed by atoms with Crippen LogP contribution in [0.15, 0.2) is 48.5 Å². The average molecular weight is 512 g/mol. The zero-order valence-corrected chi connectivity index (χ0v) is 22.0. The first kappa shape index (κ1) is 25.1. The molecule has 3 heterocycles. The number of halogens is 1. The summed E-state index contributed by atoms with van der Waals surface area (Å²) >= 11 is 0. The van der Waals surface area contributed by atoms with Crippen LogP contribution in [0, 0.1) is 5.92 Å². The number of nitrogens with one attached hydrogen (secondary N) is 1. The van der Waals surface area contributed by atoms with Gasteiger partial charge in [0.15, 0.2) is 5.60 Å². The maximum Gasteiger partial charge on any atom is 0.264 e. The van der Waals surface area contributed by atoms with Gasteiger partial charge in [-0.1, -0.05) is 37.3 Å². The molecular weight excluding hydrogens is 477 g/mol. The van der Waals surface area contributed by atoms with E-state index >= 15 is 4.11 Å². The van der Waals surface area contributed by atoms with E-state index in [1.165, 1.54) is 0 Å².